The molecule has 0 aliphatic carbocycles. The van der Waals surface area contributed by atoms with E-state index in [0.717, 1.165) is 0 Å². The fourth-order valence-corrected chi connectivity index (χ4v) is 2.34. The van der Waals surface area contributed by atoms with E-state index in [9.17, 15) is 13.2 Å². The fraction of sp³-hybridized carbons (Fsp3) is 0.500. The molecule has 2 heterocycles. The molecule has 19 heavy (non-hydrogen) atoms. The molecule has 0 spiro atoms. The van der Waals surface area contributed by atoms with Gasteiger partial charge in [-0.3, -0.25) is 4.98 Å². The largest absolute Gasteiger partial charge is 0.393 e. The van der Waals surface area contributed by atoms with Crippen molar-refractivity contribution in [1.29, 1.82) is 0 Å². The molecule has 7 heteroatoms. The van der Waals surface area contributed by atoms with E-state index in [1.165, 1.54) is 6.20 Å². The predicted molar refractivity (Wildman–Crippen MR) is 71.1 cm³/mol. The molecule has 0 radical (unpaired) electrons. The summed E-state index contributed by atoms with van der Waals surface area (Å²) in [6.45, 7) is 0.581. The topological polar surface area (TPSA) is 42.1 Å². The molecule has 0 amide bonds. The van der Waals surface area contributed by atoms with Crippen LogP contribution in [0.5, 0.6) is 0 Å². The first-order valence-corrected chi connectivity index (χ1v) is 6.36. The van der Waals surface area contributed by atoms with Gasteiger partial charge in [0.05, 0.1) is 11.6 Å². The van der Waals surface area contributed by atoms with Gasteiger partial charge in [0.15, 0.2) is 0 Å². The lowest BCUT2D eigenvalue weighted by Crippen LogP contribution is -2.41. The monoisotopic (exact) mass is 289 g/mol. The highest BCUT2D eigenvalue weighted by atomic mass is 32.1. The predicted octanol–water partition coefficient (Wildman–Crippen LogP) is 2.49. The van der Waals surface area contributed by atoms with Gasteiger partial charge in [-0.25, -0.2) is 0 Å². The average molecular weight is 289 g/mol. The third-order valence-electron chi connectivity index (χ3n) is 3.25. The summed E-state index contributed by atoms with van der Waals surface area (Å²) in [6, 6.07) is 3.32. The number of hydrogen-bond donors (Lipinski definition) is 1. The molecule has 3 nitrogen and oxygen atoms in total. The Labute approximate surface area is 114 Å². The maximum Gasteiger partial charge on any atom is 0.393 e. The van der Waals surface area contributed by atoms with Crippen molar-refractivity contribution in [2.75, 3.05) is 18.0 Å². The van der Waals surface area contributed by atoms with Gasteiger partial charge >= 0.3 is 6.18 Å². The molecular formula is C12H14F3N3S. The van der Waals surface area contributed by atoms with Gasteiger partial charge in [0.2, 0.25) is 0 Å². The molecule has 1 aliphatic rings. The van der Waals surface area contributed by atoms with Crippen molar-refractivity contribution >= 4 is 22.9 Å². The van der Waals surface area contributed by atoms with E-state index in [2.05, 4.69) is 4.98 Å². The van der Waals surface area contributed by atoms with Crippen molar-refractivity contribution in [3.63, 3.8) is 0 Å². The molecule has 2 rings (SSSR count). The van der Waals surface area contributed by atoms with Gasteiger partial charge in [0.25, 0.3) is 0 Å². The Morgan fingerprint density at radius 2 is 2.21 bits per heavy atom. The van der Waals surface area contributed by atoms with E-state index >= 15 is 0 Å². The zero-order valence-electron chi connectivity index (χ0n) is 10.2. The second kappa shape index (κ2) is 5.32. The van der Waals surface area contributed by atoms with Crippen molar-refractivity contribution in [2.45, 2.75) is 19.0 Å². The van der Waals surface area contributed by atoms with E-state index in [-0.39, 0.29) is 18.0 Å². The Morgan fingerprint density at radius 1 is 1.47 bits per heavy atom. The summed E-state index contributed by atoms with van der Waals surface area (Å²) in [5.41, 5.74) is 6.60. The lowest BCUT2D eigenvalue weighted by molar-refractivity contribution is -0.175. The van der Waals surface area contributed by atoms with E-state index in [0.29, 0.717) is 24.3 Å². The third-order valence-corrected chi connectivity index (χ3v) is 3.45. The molecule has 0 aromatic carbocycles. The van der Waals surface area contributed by atoms with Gasteiger partial charge < -0.3 is 10.6 Å². The highest BCUT2D eigenvalue weighted by Gasteiger charge is 2.41. The molecule has 1 atom stereocenters. The van der Waals surface area contributed by atoms with Gasteiger partial charge in [-0.1, -0.05) is 12.2 Å². The van der Waals surface area contributed by atoms with Crippen LogP contribution in [0.3, 0.4) is 0 Å². The number of nitrogens with two attached hydrogens (primary N) is 1. The Kier molecular flexibility index (Phi) is 3.93. The molecule has 0 saturated carbocycles. The molecule has 2 N–H and O–H groups in total. The maximum atomic E-state index is 12.8. The molecule has 1 aliphatic heterocycles. The Hall–Kier alpha value is -1.37. The normalized spacial score (nSPS) is 20.4. The second-order valence-corrected chi connectivity index (χ2v) is 5.03. The summed E-state index contributed by atoms with van der Waals surface area (Å²) in [7, 11) is 0. The van der Waals surface area contributed by atoms with Crippen molar-refractivity contribution < 1.29 is 13.2 Å². The van der Waals surface area contributed by atoms with Crippen LogP contribution < -0.4 is 10.6 Å². The summed E-state index contributed by atoms with van der Waals surface area (Å²) >= 11 is 4.82. The number of halogens is 3. The minimum Gasteiger partial charge on any atom is -0.388 e. The highest BCUT2D eigenvalue weighted by molar-refractivity contribution is 7.80. The number of thiocarbonyl (C=S) groups is 1. The van der Waals surface area contributed by atoms with Gasteiger partial charge in [-0.15, -0.1) is 0 Å². The van der Waals surface area contributed by atoms with E-state index in [1.807, 2.05) is 0 Å². The number of rotatable bonds is 2. The first-order chi connectivity index (χ1) is 8.88. The molecule has 1 aromatic heterocycles. The Balaban J connectivity index is 2.17. The summed E-state index contributed by atoms with van der Waals surface area (Å²) in [5.74, 6) is -1.28. The van der Waals surface area contributed by atoms with Crippen LogP contribution in [-0.4, -0.2) is 29.2 Å². The Morgan fingerprint density at radius 3 is 2.84 bits per heavy atom. The minimum atomic E-state index is -4.14. The standard InChI is InChI=1S/C12H14F3N3S/c13-12(14,15)8-2-1-5-18(7-8)9-3-4-17-10(6-9)11(16)19/h3-4,6,8H,1-2,5,7H2,(H2,16,19). The lowest BCUT2D eigenvalue weighted by Gasteiger charge is -2.35. The summed E-state index contributed by atoms with van der Waals surface area (Å²) in [6.07, 6.45) is -1.92. The summed E-state index contributed by atoms with van der Waals surface area (Å²) in [5, 5.41) is 0. The first-order valence-electron chi connectivity index (χ1n) is 5.95. The van der Waals surface area contributed by atoms with Gasteiger partial charge in [0.1, 0.15) is 4.99 Å². The Bertz CT molecular complexity index is 476. The lowest BCUT2D eigenvalue weighted by atomic mass is 9.97. The number of anilines is 1. The van der Waals surface area contributed by atoms with E-state index < -0.39 is 12.1 Å². The smallest absolute Gasteiger partial charge is 0.388 e. The van der Waals surface area contributed by atoms with Gasteiger partial charge in [-0.2, -0.15) is 13.2 Å². The van der Waals surface area contributed by atoms with Gasteiger partial charge in [-0.05, 0) is 25.0 Å². The van der Waals surface area contributed by atoms with Crippen LogP contribution in [0.2, 0.25) is 0 Å². The molecule has 1 unspecified atom stereocenters. The highest BCUT2D eigenvalue weighted by Crippen LogP contribution is 2.34. The van der Waals surface area contributed by atoms with Crippen molar-refractivity contribution in [2.24, 2.45) is 11.7 Å². The SMILES string of the molecule is NC(=S)c1cc(N2CCCC(C(F)(F)F)C2)ccn1. The fourth-order valence-electron chi connectivity index (χ4n) is 2.23. The number of nitrogens with zero attached hydrogens (tertiary/aromatic N) is 2. The number of alkyl halides is 3. The first kappa shape index (κ1) is 14.0. The van der Waals surface area contributed by atoms with Crippen molar-refractivity contribution in [3.05, 3.63) is 24.0 Å². The summed E-state index contributed by atoms with van der Waals surface area (Å²) in [4.78, 5) is 5.84. The van der Waals surface area contributed by atoms with Crippen LogP contribution in [0.15, 0.2) is 18.3 Å². The van der Waals surface area contributed by atoms with E-state index in [4.69, 9.17) is 18.0 Å². The molecular weight excluding hydrogens is 275 g/mol. The third kappa shape index (κ3) is 3.34. The number of hydrogen-bond acceptors (Lipinski definition) is 3. The summed E-state index contributed by atoms with van der Waals surface area (Å²) < 4.78 is 38.3. The molecule has 0 bridgehead atoms. The van der Waals surface area contributed by atoms with Crippen LogP contribution in [0.1, 0.15) is 18.5 Å². The van der Waals surface area contributed by atoms with Crippen LogP contribution >= 0.6 is 12.2 Å². The van der Waals surface area contributed by atoms with Crippen LogP contribution in [0.25, 0.3) is 0 Å². The minimum absolute atomic E-state index is 0.0235. The van der Waals surface area contributed by atoms with Crippen LogP contribution in [-0.2, 0) is 0 Å². The average Bonchev–Trinajstić information content (AvgIpc) is 2.38. The molecule has 1 saturated heterocycles. The zero-order valence-corrected chi connectivity index (χ0v) is 11.0. The zero-order chi connectivity index (χ0) is 14.0. The van der Waals surface area contributed by atoms with E-state index in [1.54, 1.807) is 17.0 Å². The molecule has 104 valence electrons. The number of piperidine rings is 1. The maximum absolute atomic E-state index is 12.8. The van der Waals surface area contributed by atoms with Crippen LogP contribution in [0.4, 0.5) is 18.9 Å². The van der Waals surface area contributed by atoms with Crippen molar-refractivity contribution in [1.82, 2.24) is 4.98 Å². The molecule has 1 fully saturated rings. The quantitative estimate of drug-likeness (QED) is 0.849. The van der Waals surface area contributed by atoms with Crippen LogP contribution in [0, 0.1) is 5.92 Å². The molecule has 1 aromatic rings. The second-order valence-electron chi connectivity index (χ2n) is 4.59. The van der Waals surface area contributed by atoms with Gasteiger partial charge in [0, 0.05) is 25.0 Å². The van der Waals surface area contributed by atoms with Crippen molar-refractivity contribution in [3.8, 4) is 0 Å². The number of aromatic nitrogens is 1. The number of pyridine rings is 1.